The summed E-state index contributed by atoms with van der Waals surface area (Å²) in [6, 6.07) is 0.603. The molecule has 0 fully saturated rings. The molecular formula is C12H23N3. The Hall–Kier alpha value is -0.830. The van der Waals surface area contributed by atoms with Crippen molar-refractivity contribution >= 4 is 0 Å². The largest absolute Gasteiger partial charge is 0.338 e. The van der Waals surface area contributed by atoms with Crippen molar-refractivity contribution < 1.29 is 0 Å². The molecule has 86 valence electrons. The van der Waals surface area contributed by atoms with Crippen LogP contribution >= 0.6 is 0 Å². The fourth-order valence-electron chi connectivity index (χ4n) is 1.86. The van der Waals surface area contributed by atoms with Crippen molar-refractivity contribution in [3.05, 3.63) is 18.2 Å². The minimum absolute atomic E-state index is 0.603. The zero-order valence-electron chi connectivity index (χ0n) is 10.3. The molecule has 15 heavy (non-hydrogen) atoms. The van der Waals surface area contributed by atoms with Crippen LogP contribution in [0.5, 0.6) is 0 Å². The van der Waals surface area contributed by atoms with E-state index < -0.39 is 0 Å². The highest BCUT2D eigenvalue weighted by atomic mass is 15.0. The molecule has 0 saturated carbocycles. The molecule has 0 aliphatic heterocycles. The van der Waals surface area contributed by atoms with Crippen molar-refractivity contribution in [2.75, 3.05) is 6.54 Å². The summed E-state index contributed by atoms with van der Waals surface area (Å²) in [6.07, 6.45) is 6.09. The first-order valence-corrected chi connectivity index (χ1v) is 5.84. The van der Waals surface area contributed by atoms with Gasteiger partial charge in [-0.3, -0.25) is 0 Å². The van der Waals surface area contributed by atoms with E-state index >= 15 is 0 Å². The number of imidazole rings is 1. The third kappa shape index (κ3) is 3.67. The van der Waals surface area contributed by atoms with Crippen LogP contribution in [0.15, 0.2) is 12.4 Å². The second-order valence-corrected chi connectivity index (χ2v) is 4.40. The maximum absolute atomic E-state index is 4.34. The van der Waals surface area contributed by atoms with Crippen LogP contribution in [-0.4, -0.2) is 22.1 Å². The van der Waals surface area contributed by atoms with E-state index in [0.717, 1.165) is 19.4 Å². The number of hydrogen-bond donors (Lipinski definition) is 1. The summed E-state index contributed by atoms with van der Waals surface area (Å²) in [4.78, 5) is 4.34. The molecule has 1 unspecified atom stereocenters. The summed E-state index contributed by atoms with van der Waals surface area (Å²) in [5, 5.41) is 3.53. The third-order valence-corrected chi connectivity index (χ3v) is 2.87. The van der Waals surface area contributed by atoms with Gasteiger partial charge in [-0.1, -0.05) is 20.8 Å². The van der Waals surface area contributed by atoms with E-state index in [4.69, 9.17) is 0 Å². The molecular weight excluding hydrogens is 186 g/mol. The Bertz CT molecular complexity index is 278. The maximum Gasteiger partial charge on any atom is 0.108 e. The van der Waals surface area contributed by atoms with Gasteiger partial charge in [0.2, 0.25) is 0 Å². The Kier molecular flexibility index (Phi) is 4.82. The lowest BCUT2D eigenvalue weighted by atomic mass is 9.99. The van der Waals surface area contributed by atoms with Gasteiger partial charge in [0, 0.05) is 31.9 Å². The van der Waals surface area contributed by atoms with Crippen LogP contribution in [0.2, 0.25) is 0 Å². The highest BCUT2D eigenvalue weighted by Gasteiger charge is 2.12. The first-order valence-electron chi connectivity index (χ1n) is 5.84. The second kappa shape index (κ2) is 5.91. The van der Waals surface area contributed by atoms with Crippen molar-refractivity contribution in [1.29, 1.82) is 0 Å². The van der Waals surface area contributed by atoms with E-state index in [1.54, 1.807) is 0 Å². The first-order chi connectivity index (χ1) is 7.15. The molecule has 0 aliphatic rings. The average Bonchev–Trinajstić information content (AvgIpc) is 2.58. The molecule has 0 aromatic carbocycles. The predicted molar refractivity (Wildman–Crippen MR) is 63.8 cm³/mol. The standard InChI is InChI=1S/C12H23N3/c1-5-13-11(10(2)3)6-7-12-14-8-9-15(12)4/h8-11,13H,5-7H2,1-4H3. The molecule has 1 N–H and O–H groups in total. The summed E-state index contributed by atoms with van der Waals surface area (Å²) in [7, 11) is 2.06. The number of nitrogens with zero attached hydrogens (tertiary/aromatic N) is 2. The Labute approximate surface area is 92.9 Å². The van der Waals surface area contributed by atoms with Gasteiger partial charge in [0.15, 0.2) is 0 Å². The zero-order chi connectivity index (χ0) is 11.3. The van der Waals surface area contributed by atoms with Crippen molar-refractivity contribution in [2.45, 2.75) is 39.7 Å². The molecule has 3 heteroatoms. The molecule has 3 nitrogen and oxygen atoms in total. The zero-order valence-corrected chi connectivity index (χ0v) is 10.3. The van der Waals surface area contributed by atoms with Crippen LogP contribution in [0.1, 0.15) is 33.0 Å². The Balaban J connectivity index is 2.43. The number of aromatic nitrogens is 2. The fourth-order valence-corrected chi connectivity index (χ4v) is 1.86. The number of hydrogen-bond acceptors (Lipinski definition) is 2. The third-order valence-electron chi connectivity index (χ3n) is 2.87. The van der Waals surface area contributed by atoms with Crippen LogP contribution < -0.4 is 5.32 Å². The Morgan fingerprint density at radius 2 is 2.20 bits per heavy atom. The molecule has 0 amide bonds. The summed E-state index contributed by atoms with van der Waals surface area (Å²) < 4.78 is 2.10. The van der Waals surface area contributed by atoms with Crippen LogP contribution in [0, 0.1) is 5.92 Å². The lowest BCUT2D eigenvalue weighted by Gasteiger charge is -2.21. The van der Waals surface area contributed by atoms with E-state index in [0.29, 0.717) is 12.0 Å². The van der Waals surface area contributed by atoms with Gasteiger partial charge < -0.3 is 9.88 Å². The van der Waals surface area contributed by atoms with Gasteiger partial charge in [0.1, 0.15) is 5.82 Å². The van der Waals surface area contributed by atoms with Crippen molar-refractivity contribution in [3.8, 4) is 0 Å². The van der Waals surface area contributed by atoms with Gasteiger partial charge in [0.05, 0.1) is 0 Å². The van der Waals surface area contributed by atoms with Gasteiger partial charge in [-0.2, -0.15) is 0 Å². The molecule has 1 heterocycles. The molecule has 0 spiro atoms. The SMILES string of the molecule is CCNC(CCc1nccn1C)C(C)C. The molecule has 1 atom stereocenters. The normalized spacial score (nSPS) is 13.4. The molecule has 0 aliphatic carbocycles. The molecule has 0 bridgehead atoms. The van der Waals surface area contributed by atoms with Crippen LogP contribution in [-0.2, 0) is 13.5 Å². The van der Waals surface area contributed by atoms with Gasteiger partial charge in [-0.15, -0.1) is 0 Å². The van der Waals surface area contributed by atoms with E-state index in [1.165, 1.54) is 5.82 Å². The lowest BCUT2D eigenvalue weighted by molar-refractivity contribution is 0.381. The van der Waals surface area contributed by atoms with E-state index in [1.807, 2.05) is 12.4 Å². The van der Waals surface area contributed by atoms with Gasteiger partial charge >= 0.3 is 0 Å². The summed E-state index contributed by atoms with van der Waals surface area (Å²) in [6.45, 7) is 7.75. The van der Waals surface area contributed by atoms with Gasteiger partial charge in [0.25, 0.3) is 0 Å². The number of rotatable bonds is 6. The molecule has 1 rings (SSSR count). The van der Waals surface area contributed by atoms with Crippen LogP contribution in [0.4, 0.5) is 0 Å². The highest BCUT2D eigenvalue weighted by molar-refractivity contribution is 4.92. The van der Waals surface area contributed by atoms with Gasteiger partial charge in [-0.05, 0) is 18.9 Å². The van der Waals surface area contributed by atoms with E-state index in [9.17, 15) is 0 Å². The maximum atomic E-state index is 4.34. The van der Waals surface area contributed by atoms with Crippen LogP contribution in [0.3, 0.4) is 0 Å². The quantitative estimate of drug-likeness (QED) is 0.776. The topological polar surface area (TPSA) is 29.9 Å². The Morgan fingerprint density at radius 1 is 1.47 bits per heavy atom. The summed E-state index contributed by atoms with van der Waals surface area (Å²) in [5.74, 6) is 1.86. The first kappa shape index (κ1) is 12.2. The second-order valence-electron chi connectivity index (χ2n) is 4.40. The summed E-state index contributed by atoms with van der Waals surface area (Å²) in [5.41, 5.74) is 0. The number of aryl methyl sites for hydroxylation is 2. The monoisotopic (exact) mass is 209 g/mol. The fraction of sp³-hybridized carbons (Fsp3) is 0.750. The molecule has 1 aromatic rings. The Morgan fingerprint density at radius 3 is 2.67 bits per heavy atom. The van der Waals surface area contributed by atoms with E-state index in [2.05, 4.69) is 42.7 Å². The van der Waals surface area contributed by atoms with Gasteiger partial charge in [-0.25, -0.2) is 4.98 Å². The number of nitrogens with one attached hydrogen (secondary N) is 1. The van der Waals surface area contributed by atoms with Crippen molar-refractivity contribution in [1.82, 2.24) is 14.9 Å². The summed E-state index contributed by atoms with van der Waals surface area (Å²) >= 11 is 0. The molecule has 0 radical (unpaired) electrons. The minimum Gasteiger partial charge on any atom is -0.338 e. The highest BCUT2D eigenvalue weighted by Crippen LogP contribution is 2.09. The van der Waals surface area contributed by atoms with Crippen LogP contribution in [0.25, 0.3) is 0 Å². The predicted octanol–water partition coefficient (Wildman–Crippen LogP) is 1.99. The molecule has 1 aromatic heterocycles. The average molecular weight is 209 g/mol. The van der Waals surface area contributed by atoms with Crippen molar-refractivity contribution in [3.63, 3.8) is 0 Å². The van der Waals surface area contributed by atoms with Crippen molar-refractivity contribution in [2.24, 2.45) is 13.0 Å². The minimum atomic E-state index is 0.603. The van der Waals surface area contributed by atoms with E-state index in [-0.39, 0.29) is 0 Å². The lowest BCUT2D eigenvalue weighted by Crippen LogP contribution is -2.34. The smallest absolute Gasteiger partial charge is 0.108 e. The molecule has 0 saturated heterocycles.